The van der Waals surface area contributed by atoms with Crippen molar-refractivity contribution in [1.82, 2.24) is 4.90 Å². The SMILES string of the molecule is C=CCC[C@@H](O)CN(Cc1ccccc1)Cc1ccccc1OC. The number of methoxy groups -OCH3 is 1. The Hall–Kier alpha value is -2.10. The number of aliphatic hydroxyl groups is 1. The standard InChI is InChI=1S/C21H27NO2/c1-3-4-13-20(23)17-22(15-18-10-6-5-7-11-18)16-19-12-8-9-14-21(19)24-2/h3,5-12,14,20,23H,1,4,13,15-17H2,2H3/t20-/m1/s1. The van der Waals surface area contributed by atoms with Gasteiger partial charge in [0.15, 0.2) is 0 Å². The number of allylic oxidation sites excluding steroid dienone is 1. The van der Waals surface area contributed by atoms with Gasteiger partial charge in [0.25, 0.3) is 0 Å². The predicted octanol–water partition coefficient (Wildman–Crippen LogP) is 4.02. The number of hydrogen-bond donors (Lipinski definition) is 1. The van der Waals surface area contributed by atoms with Crippen LogP contribution >= 0.6 is 0 Å². The van der Waals surface area contributed by atoms with Crippen LogP contribution < -0.4 is 4.74 Å². The second-order valence-corrected chi connectivity index (χ2v) is 5.99. The van der Waals surface area contributed by atoms with E-state index >= 15 is 0 Å². The second-order valence-electron chi connectivity index (χ2n) is 5.99. The van der Waals surface area contributed by atoms with Crippen LogP contribution in [0.1, 0.15) is 24.0 Å². The minimum atomic E-state index is -0.360. The molecule has 0 saturated carbocycles. The zero-order valence-corrected chi connectivity index (χ0v) is 14.4. The molecule has 0 fully saturated rings. The molecule has 2 aromatic carbocycles. The van der Waals surface area contributed by atoms with Gasteiger partial charge in [-0.15, -0.1) is 6.58 Å². The number of para-hydroxylation sites is 1. The summed E-state index contributed by atoms with van der Waals surface area (Å²) >= 11 is 0. The van der Waals surface area contributed by atoms with Crippen LogP contribution in [-0.4, -0.2) is 29.8 Å². The fraction of sp³-hybridized carbons (Fsp3) is 0.333. The Morgan fingerprint density at radius 3 is 2.50 bits per heavy atom. The van der Waals surface area contributed by atoms with Gasteiger partial charge in [0.05, 0.1) is 13.2 Å². The minimum absolute atomic E-state index is 0.360. The Morgan fingerprint density at radius 1 is 1.08 bits per heavy atom. The van der Waals surface area contributed by atoms with Crippen LogP contribution in [0, 0.1) is 0 Å². The largest absolute Gasteiger partial charge is 0.496 e. The van der Waals surface area contributed by atoms with E-state index in [-0.39, 0.29) is 6.10 Å². The van der Waals surface area contributed by atoms with Gasteiger partial charge in [0, 0.05) is 25.2 Å². The molecule has 1 N–H and O–H groups in total. The lowest BCUT2D eigenvalue weighted by molar-refractivity contribution is 0.0979. The summed E-state index contributed by atoms with van der Waals surface area (Å²) in [7, 11) is 1.69. The van der Waals surface area contributed by atoms with Crippen molar-refractivity contribution in [3.63, 3.8) is 0 Å². The Morgan fingerprint density at radius 2 is 1.79 bits per heavy atom. The average molecular weight is 325 g/mol. The maximum Gasteiger partial charge on any atom is 0.123 e. The van der Waals surface area contributed by atoms with Crippen LogP contribution in [-0.2, 0) is 13.1 Å². The maximum atomic E-state index is 10.3. The number of benzene rings is 2. The molecule has 0 aromatic heterocycles. The van der Waals surface area contributed by atoms with Crippen molar-refractivity contribution in [3.8, 4) is 5.75 Å². The van der Waals surface area contributed by atoms with Crippen molar-refractivity contribution < 1.29 is 9.84 Å². The first-order valence-electron chi connectivity index (χ1n) is 8.40. The molecule has 0 heterocycles. The van der Waals surface area contributed by atoms with Crippen LogP contribution in [0.15, 0.2) is 67.3 Å². The molecule has 0 unspecified atom stereocenters. The first-order valence-corrected chi connectivity index (χ1v) is 8.40. The van der Waals surface area contributed by atoms with Gasteiger partial charge >= 0.3 is 0 Å². The topological polar surface area (TPSA) is 32.7 Å². The van der Waals surface area contributed by atoms with Gasteiger partial charge in [-0.25, -0.2) is 0 Å². The lowest BCUT2D eigenvalue weighted by Gasteiger charge is -2.26. The lowest BCUT2D eigenvalue weighted by atomic mass is 10.1. The molecule has 3 nitrogen and oxygen atoms in total. The normalized spacial score (nSPS) is 12.1. The van der Waals surface area contributed by atoms with Gasteiger partial charge in [-0.1, -0.05) is 54.6 Å². The van der Waals surface area contributed by atoms with Crippen molar-refractivity contribution in [2.24, 2.45) is 0 Å². The summed E-state index contributed by atoms with van der Waals surface area (Å²) < 4.78 is 5.46. The van der Waals surface area contributed by atoms with Crippen LogP contribution in [0.2, 0.25) is 0 Å². The van der Waals surface area contributed by atoms with Crippen molar-refractivity contribution >= 4 is 0 Å². The Kier molecular flexibility index (Phi) is 7.53. The van der Waals surface area contributed by atoms with Gasteiger partial charge in [0.2, 0.25) is 0 Å². The maximum absolute atomic E-state index is 10.3. The molecule has 0 saturated heterocycles. The third-order valence-corrected chi connectivity index (χ3v) is 4.01. The molecule has 0 aliphatic carbocycles. The van der Waals surface area contributed by atoms with E-state index in [9.17, 15) is 5.11 Å². The average Bonchev–Trinajstić information content (AvgIpc) is 2.61. The molecule has 128 valence electrons. The van der Waals surface area contributed by atoms with E-state index in [1.54, 1.807) is 7.11 Å². The summed E-state index contributed by atoms with van der Waals surface area (Å²) in [4.78, 5) is 2.26. The van der Waals surface area contributed by atoms with Crippen LogP contribution in [0.3, 0.4) is 0 Å². The summed E-state index contributed by atoms with van der Waals surface area (Å²) in [5.74, 6) is 0.885. The number of rotatable bonds is 10. The number of ether oxygens (including phenoxy) is 1. The van der Waals surface area contributed by atoms with E-state index in [0.717, 1.165) is 37.2 Å². The molecule has 0 bridgehead atoms. The van der Waals surface area contributed by atoms with E-state index in [0.29, 0.717) is 6.54 Å². The van der Waals surface area contributed by atoms with Crippen molar-refractivity contribution in [3.05, 3.63) is 78.4 Å². The zero-order chi connectivity index (χ0) is 17.2. The lowest BCUT2D eigenvalue weighted by Crippen LogP contribution is -2.31. The molecule has 24 heavy (non-hydrogen) atoms. The summed E-state index contributed by atoms with van der Waals surface area (Å²) in [6, 6.07) is 18.4. The molecule has 0 radical (unpaired) electrons. The Bertz CT molecular complexity index is 612. The number of hydrogen-bond acceptors (Lipinski definition) is 3. The van der Waals surface area contributed by atoms with E-state index in [4.69, 9.17) is 4.74 Å². The molecular formula is C21H27NO2. The van der Waals surface area contributed by atoms with Gasteiger partial charge < -0.3 is 9.84 Å². The van der Waals surface area contributed by atoms with Gasteiger partial charge in [-0.05, 0) is 24.5 Å². The molecule has 0 spiro atoms. The molecule has 0 aliphatic heterocycles. The highest BCUT2D eigenvalue weighted by atomic mass is 16.5. The first kappa shape index (κ1) is 18.2. The third kappa shape index (κ3) is 5.84. The third-order valence-electron chi connectivity index (χ3n) is 4.01. The predicted molar refractivity (Wildman–Crippen MR) is 99.0 cm³/mol. The highest BCUT2D eigenvalue weighted by Gasteiger charge is 2.14. The summed E-state index contributed by atoms with van der Waals surface area (Å²) in [5.41, 5.74) is 2.37. The van der Waals surface area contributed by atoms with E-state index in [2.05, 4.69) is 29.7 Å². The highest BCUT2D eigenvalue weighted by Crippen LogP contribution is 2.21. The number of nitrogens with zero attached hydrogens (tertiary/aromatic N) is 1. The fourth-order valence-electron chi connectivity index (χ4n) is 2.80. The summed E-state index contributed by atoms with van der Waals surface area (Å²) in [6.45, 7) is 5.89. The van der Waals surface area contributed by atoms with E-state index in [1.807, 2.05) is 42.5 Å². The van der Waals surface area contributed by atoms with Gasteiger partial charge in [0.1, 0.15) is 5.75 Å². The highest BCUT2D eigenvalue weighted by molar-refractivity contribution is 5.33. The van der Waals surface area contributed by atoms with Gasteiger partial charge in [-0.2, -0.15) is 0 Å². The fourth-order valence-corrected chi connectivity index (χ4v) is 2.80. The molecule has 2 aromatic rings. The summed E-state index contributed by atoms with van der Waals surface area (Å²) in [5, 5.41) is 10.3. The zero-order valence-electron chi connectivity index (χ0n) is 14.4. The van der Waals surface area contributed by atoms with Crippen LogP contribution in [0.4, 0.5) is 0 Å². The van der Waals surface area contributed by atoms with E-state index < -0.39 is 0 Å². The van der Waals surface area contributed by atoms with Crippen LogP contribution in [0.5, 0.6) is 5.75 Å². The quantitative estimate of drug-likeness (QED) is 0.670. The molecule has 0 aliphatic rings. The molecule has 1 atom stereocenters. The Balaban J connectivity index is 2.10. The molecule has 3 heteroatoms. The molecular weight excluding hydrogens is 298 g/mol. The van der Waals surface area contributed by atoms with Crippen molar-refractivity contribution in [2.45, 2.75) is 32.0 Å². The first-order chi connectivity index (χ1) is 11.7. The van der Waals surface area contributed by atoms with Crippen molar-refractivity contribution in [2.75, 3.05) is 13.7 Å². The van der Waals surface area contributed by atoms with Gasteiger partial charge in [-0.3, -0.25) is 4.90 Å². The minimum Gasteiger partial charge on any atom is -0.496 e. The van der Waals surface area contributed by atoms with Crippen molar-refractivity contribution in [1.29, 1.82) is 0 Å². The monoisotopic (exact) mass is 325 g/mol. The second kappa shape index (κ2) is 9.91. The smallest absolute Gasteiger partial charge is 0.123 e. The molecule has 0 amide bonds. The Labute approximate surface area is 145 Å². The number of aliphatic hydroxyl groups excluding tert-OH is 1. The van der Waals surface area contributed by atoms with Crippen LogP contribution in [0.25, 0.3) is 0 Å². The van der Waals surface area contributed by atoms with E-state index in [1.165, 1.54) is 5.56 Å². The summed E-state index contributed by atoms with van der Waals surface area (Å²) in [6.07, 6.45) is 3.06. The molecule has 2 rings (SSSR count).